The molecule has 1 aliphatic carbocycles. The van der Waals surface area contributed by atoms with Gasteiger partial charge in [0.25, 0.3) is 0 Å². The molecule has 2 aromatic carbocycles. The minimum absolute atomic E-state index is 0.187. The van der Waals surface area contributed by atoms with Gasteiger partial charge in [-0.2, -0.15) is 0 Å². The summed E-state index contributed by atoms with van der Waals surface area (Å²) in [6.45, 7) is 0.784. The largest absolute Gasteiger partial charge is 0.495 e. The van der Waals surface area contributed by atoms with E-state index < -0.39 is 0 Å². The number of anilines is 2. The maximum absolute atomic E-state index is 12.5. The molecule has 1 N–H and O–H groups in total. The number of carbonyl (C=O) groups excluding carboxylic acids is 2. The van der Waals surface area contributed by atoms with Crippen molar-refractivity contribution in [2.75, 3.05) is 39.9 Å². The number of aromatic nitrogens is 2. The van der Waals surface area contributed by atoms with E-state index in [1.165, 1.54) is 31.7 Å². The van der Waals surface area contributed by atoms with Gasteiger partial charge in [0.15, 0.2) is 23.1 Å². The van der Waals surface area contributed by atoms with Gasteiger partial charge < -0.3 is 24.3 Å². The lowest BCUT2D eigenvalue weighted by Crippen LogP contribution is -2.08. The second-order valence-electron chi connectivity index (χ2n) is 7.41. The van der Waals surface area contributed by atoms with Gasteiger partial charge in [0.1, 0.15) is 24.5 Å². The molecule has 3 aromatic rings. The van der Waals surface area contributed by atoms with Crippen LogP contribution in [0.15, 0.2) is 48.8 Å². The highest BCUT2D eigenvalue weighted by molar-refractivity contribution is 6.36. The number of ketones is 2. The van der Waals surface area contributed by atoms with E-state index >= 15 is 0 Å². The zero-order valence-corrected chi connectivity index (χ0v) is 20.0. The summed E-state index contributed by atoms with van der Waals surface area (Å²) in [5.74, 6) is 1.17. The fourth-order valence-corrected chi connectivity index (χ4v) is 3.90. The van der Waals surface area contributed by atoms with Gasteiger partial charge in [-0.05, 0) is 36.4 Å². The van der Waals surface area contributed by atoms with Crippen LogP contribution in [0.2, 0.25) is 5.02 Å². The second kappa shape index (κ2) is 10.5. The molecule has 180 valence electrons. The van der Waals surface area contributed by atoms with Crippen LogP contribution in [-0.4, -0.2) is 56.1 Å². The summed E-state index contributed by atoms with van der Waals surface area (Å²) in [7, 11) is 4.58. The molecule has 0 radical (unpaired) electrons. The summed E-state index contributed by atoms with van der Waals surface area (Å²) in [5, 5.41) is 4.15. The molecular formula is C25H22ClN3O6. The van der Waals surface area contributed by atoms with Gasteiger partial charge in [-0.15, -0.1) is 0 Å². The molecular weight excluding hydrogens is 474 g/mol. The van der Waals surface area contributed by atoms with Crippen molar-refractivity contribution in [3.8, 4) is 17.2 Å². The number of nitrogens with one attached hydrogen (secondary N) is 1. The molecule has 0 aliphatic heterocycles. The number of rotatable bonds is 9. The van der Waals surface area contributed by atoms with Crippen LogP contribution in [0, 0.1) is 0 Å². The lowest BCUT2D eigenvalue weighted by Gasteiger charge is -2.17. The Morgan fingerprint density at radius 3 is 2.51 bits per heavy atom. The molecule has 1 heterocycles. The minimum Gasteiger partial charge on any atom is -0.495 e. The fourth-order valence-electron chi connectivity index (χ4n) is 3.60. The molecule has 0 bridgehead atoms. The maximum atomic E-state index is 12.5. The second-order valence-corrected chi connectivity index (χ2v) is 7.81. The van der Waals surface area contributed by atoms with Gasteiger partial charge >= 0.3 is 0 Å². The van der Waals surface area contributed by atoms with E-state index in [1.807, 2.05) is 0 Å². The van der Waals surface area contributed by atoms with Crippen LogP contribution in [0.5, 0.6) is 17.2 Å². The van der Waals surface area contributed by atoms with Crippen LogP contribution < -0.4 is 19.5 Å². The normalized spacial score (nSPS) is 13.1. The maximum Gasteiger partial charge on any atom is 0.186 e. The van der Waals surface area contributed by atoms with Crippen LogP contribution >= 0.6 is 11.6 Å². The number of fused-ring (bicyclic) bond motifs is 1. The predicted molar refractivity (Wildman–Crippen MR) is 132 cm³/mol. The smallest absolute Gasteiger partial charge is 0.186 e. The monoisotopic (exact) mass is 495 g/mol. The van der Waals surface area contributed by atoms with Gasteiger partial charge in [-0.25, -0.2) is 9.97 Å². The Kier molecular flexibility index (Phi) is 7.28. The Morgan fingerprint density at radius 2 is 1.77 bits per heavy atom. The van der Waals surface area contributed by atoms with Gasteiger partial charge in [-0.1, -0.05) is 11.6 Å². The molecule has 0 unspecified atom stereocenters. The fraction of sp³-hybridized carbons (Fsp3) is 0.200. The number of allylic oxidation sites excluding steroid dienone is 4. The Balaban J connectivity index is 1.75. The van der Waals surface area contributed by atoms with Gasteiger partial charge in [0.2, 0.25) is 0 Å². The highest BCUT2D eigenvalue weighted by Gasteiger charge is 2.22. The Hall–Kier alpha value is -3.95. The first-order valence-corrected chi connectivity index (χ1v) is 10.9. The Morgan fingerprint density at radius 1 is 0.943 bits per heavy atom. The van der Waals surface area contributed by atoms with Crippen molar-refractivity contribution in [2.45, 2.75) is 0 Å². The van der Waals surface area contributed by atoms with Crippen molar-refractivity contribution in [2.24, 2.45) is 0 Å². The number of halogens is 1. The van der Waals surface area contributed by atoms with Crippen molar-refractivity contribution < 1.29 is 28.5 Å². The van der Waals surface area contributed by atoms with Crippen LogP contribution in [0.1, 0.15) is 5.56 Å². The summed E-state index contributed by atoms with van der Waals surface area (Å²) in [5.41, 5.74) is 1.72. The molecule has 0 saturated carbocycles. The number of hydrogen-bond donors (Lipinski definition) is 1. The van der Waals surface area contributed by atoms with E-state index in [1.54, 1.807) is 38.5 Å². The van der Waals surface area contributed by atoms with Crippen molar-refractivity contribution >= 4 is 51.1 Å². The number of methoxy groups -OCH3 is 3. The molecule has 4 rings (SSSR count). The van der Waals surface area contributed by atoms with Crippen LogP contribution in [-0.2, 0) is 14.3 Å². The zero-order chi connectivity index (χ0) is 24.9. The number of carbonyl (C=O) groups is 2. The number of ether oxygens (including phenoxy) is 4. The highest BCUT2D eigenvalue weighted by Crippen LogP contribution is 2.39. The molecule has 0 fully saturated rings. The zero-order valence-electron chi connectivity index (χ0n) is 19.3. The van der Waals surface area contributed by atoms with Crippen LogP contribution in [0.25, 0.3) is 16.5 Å². The summed E-state index contributed by atoms with van der Waals surface area (Å²) < 4.78 is 21.7. The standard InChI is InChI=1S/C25H22ClN3O6/c1-32-6-7-35-23-12-20-18(11-22(23)33-2)25(28-13-27-20)29-14-8-17(24(34-3)19(26)9-14)16-10-15(30)4-5-21(16)31/h4-5,8-13H,6-7H2,1-3H3,(H,27,28,29). The number of benzene rings is 2. The average Bonchev–Trinajstić information content (AvgIpc) is 2.85. The van der Waals surface area contributed by atoms with Crippen molar-refractivity contribution in [3.05, 3.63) is 59.4 Å². The third-order valence-corrected chi connectivity index (χ3v) is 5.50. The van der Waals surface area contributed by atoms with Gasteiger partial charge in [0.05, 0.1) is 31.4 Å². The molecule has 1 aromatic heterocycles. The molecule has 0 saturated heterocycles. The first-order chi connectivity index (χ1) is 16.9. The third-order valence-electron chi connectivity index (χ3n) is 5.22. The van der Waals surface area contributed by atoms with E-state index in [-0.39, 0.29) is 27.9 Å². The third kappa shape index (κ3) is 5.11. The predicted octanol–water partition coefficient (Wildman–Crippen LogP) is 4.16. The van der Waals surface area contributed by atoms with Crippen molar-refractivity contribution in [1.82, 2.24) is 9.97 Å². The van der Waals surface area contributed by atoms with Gasteiger partial charge in [0, 0.05) is 35.4 Å². The molecule has 35 heavy (non-hydrogen) atoms. The summed E-state index contributed by atoms with van der Waals surface area (Å²) in [6, 6.07) is 6.84. The summed E-state index contributed by atoms with van der Waals surface area (Å²) >= 11 is 6.47. The quantitative estimate of drug-likeness (QED) is 0.345. The first-order valence-electron chi connectivity index (χ1n) is 10.5. The number of hydrogen-bond acceptors (Lipinski definition) is 9. The molecule has 10 heteroatoms. The highest BCUT2D eigenvalue weighted by atomic mass is 35.5. The van der Waals surface area contributed by atoms with Crippen molar-refractivity contribution in [3.63, 3.8) is 0 Å². The first kappa shape index (κ1) is 24.2. The molecule has 0 amide bonds. The topological polar surface area (TPSA) is 109 Å². The van der Waals surface area contributed by atoms with Gasteiger partial charge in [-0.3, -0.25) is 9.59 Å². The minimum atomic E-state index is -0.325. The van der Waals surface area contributed by atoms with E-state index in [0.717, 1.165) is 0 Å². The lowest BCUT2D eigenvalue weighted by atomic mass is 9.95. The van der Waals surface area contributed by atoms with Crippen LogP contribution in [0.4, 0.5) is 11.5 Å². The van der Waals surface area contributed by atoms with E-state index in [2.05, 4.69) is 15.3 Å². The Bertz CT molecular complexity index is 1370. The van der Waals surface area contributed by atoms with E-state index in [0.29, 0.717) is 52.7 Å². The van der Waals surface area contributed by atoms with E-state index in [9.17, 15) is 9.59 Å². The average molecular weight is 496 g/mol. The van der Waals surface area contributed by atoms with Crippen LogP contribution in [0.3, 0.4) is 0 Å². The SMILES string of the molecule is COCCOc1cc2ncnc(Nc3cc(Cl)c(OC)c(C4=CC(=O)C=CC4=O)c3)c2cc1OC. The Labute approximate surface area is 206 Å². The van der Waals surface area contributed by atoms with Crippen molar-refractivity contribution in [1.29, 1.82) is 0 Å². The summed E-state index contributed by atoms with van der Waals surface area (Å²) in [4.78, 5) is 33.1. The molecule has 0 atom stereocenters. The molecule has 0 spiro atoms. The lowest BCUT2D eigenvalue weighted by molar-refractivity contribution is -0.113. The molecule has 9 nitrogen and oxygen atoms in total. The number of nitrogens with zero attached hydrogens (tertiary/aromatic N) is 2. The molecule has 1 aliphatic rings. The summed E-state index contributed by atoms with van der Waals surface area (Å²) in [6.07, 6.45) is 5.12. The van der Waals surface area contributed by atoms with E-state index in [4.69, 9.17) is 30.5 Å².